The first-order chi connectivity index (χ1) is 22.5. The van der Waals surface area contributed by atoms with Gasteiger partial charge in [0.05, 0.1) is 43.9 Å². The molecule has 0 atom stereocenters. The van der Waals surface area contributed by atoms with E-state index in [1.165, 1.54) is 12.4 Å². The van der Waals surface area contributed by atoms with Crippen LogP contribution in [-0.2, 0) is 0 Å². The zero-order chi connectivity index (χ0) is 30.8. The average Bonchev–Trinajstić information content (AvgIpc) is 3.10. The quantitative estimate of drug-likeness (QED) is 0.160. The Morgan fingerprint density at radius 2 is 0.761 bits per heavy atom. The number of hydrogen-bond acceptors (Lipinski definition) is 5. The zero-order valence-corrected chi connectivity index (χ0v) is 23.9. The molecule has 0 aliphatic rings. The van der Waals surface area contributed by atoms with Crippen molar-refractivity contribution in [3.63, 3.8) is 0 Å². The van der Waals surface area contributed by atoms with Gasteiger partial charge in [-0.25, -0.2) is 0 Å². The van der Waals surface area contributed by atoms with E-state index in [9.17, 15) is 19.2 Å². The van der Waals surface area contributed by atoms with Crippen molar-refractivity contribution in [3.8, 4) is 11.1 Å². The third-order valence-electron chi connectivity index (χ3n) is 9.46. The smallest absolute Gasteiger partial charge is 0.198 e. The Morgan fingerprint density at radius 1 is 0.370 bits per heavy atom. The Bertz CT molecular complexity index is 3020. The average molecular weight is 594 g/mol. The van der Waals surface area contributed by atoms with Crippen molar-refractivity contribution in [3.05, 3.63) is 156 Å². The molecule has 0 bridgehead atoms. The number of benzene rings is 5. The molecule has 0 aliphatic heterocycles. The molecule has 0 aliphatic carbocycles. The molecule has 5 heterocycles. The lowest BCUT2D eigenvalue weighted by molar-refractivity contribution is 1.28. The molecule has 10 rings (SSSR count). The largest absolute Gasteiger partial charge is 0.308 e. The van der Waals surface area contributed by atoms with Crippen LogP contribution in [0.1, 0.15) is 0 Å². The third kappa shape index (κ3) is 2.98. The van der Waals surface area contributed by atoms with Crippen molar-refractivity contribution in [2.24, 2.45) is 0 Å². The van der Waals surface area contributed by atoms with Gasteiger partial charge in [0.1, 0.15) is 0 Å². The Morgan fingerprint density at radius 3 is 1.30 bits per heavy atom. The van der Waals surface area contributed by atoms with Crippen LogP contribution >= 0.6 is 0 Å². The predicted molar refractivity (Wildman–Crippen MR) is 184 cm³/mol. The van der Waals surface area contributed by atoms with Gasteiger partial charge in [0.25, 0.3) is 0 Å². The number of nitrogens with zero attached hydrogens (tertiary/aromatic N) is 3. The molecule has 0 unspecified atom stereocenters. The monoisotopic (exact) mass is 593 g/mol. The summed E-state index contributed by atoms with van der Waals surface area (Å²) in [6.45, 7) is 0. The minimum atomic E-state index is -0.213. The normalized spacial score (nSPS) is 12.3. The van der Waals surface area contributed by atoms with Crippen LogP contribution < -0.4 is 21.7 Å². The molecule has 0 saturated carbocycles. The fourth-order valence-electron chi connectivity index (χ4n) is 7.41. The summed E-state index contributed by atoms with van der Waals surface area (Å²) in [7, 11) is 0. The molecular weight excluding hydrogens is 574 g/mol. The number of fused-ring (bicyclic) bond motifs is 8. The predicted octanol–water partition coefficient (Wildman–Crippen LogP) is 6.49. The van der Waals surface area contributed by atoms with Crippen molar-refractivity contribution in [1.82, 2.24) is 13.8 Å². The summed E-state index contributed by atoms with van der Waals surface area (Å²) in [4.78, 5) is 59.0. The summed E-state index contributed by atoms with van der Waals surface area (Å²) >= 11 is 0. The summed E-state index contributed by atoms with van der Waals surface area (Å²) in [5.74, 6) is 0. The lowest BCUT2D eigenvalue weighted by atomic mass is 9.98. The van der Waals surface area contributed by atoms with Crippen molar-refractivity contribution >= 4 is 76.2 Å². The molecule has 214 valence electrons. The van der Waals surface area contributed by atoms with Crippen LogP contribution in [0.25, 0.3) is 87.3 Å². The summed E-state index contributed by atoms with van der Waals surface area (Å²) in [5, 5.41) is 3.89. The van der Waals surface area contributed by atoms with Crippen molar-refractivity contribution in [2.45, 2.75) is 0 Å². The molecule has 0 fully saturated rings. The van der Waals surface area contributed by atoms with Gasteiger partial charge >= 0.3 is 0 Å². The van der Waals surface area contributed by atoms with Crippen LogP contribution in [0.4, 0.5) is 0 Å². The molecule has 7 heteroatoms. The van der Waals surface area contributed by atoms with E-state index in [-0.39, 0.29) is 21.7 Å². The second-order valence-electron chi connectivity index (χ2n) is 11.8. The van der Waals surface area contributed by atoms with E-state index in [2.05, 4.69) is 4.98 Å². The molecule has 0 radical (unpaired) electrons. The first-order valence-corrected chi connectivity index (χ1v) is 14.9. The third-order valence-corrected chi connectivity index (χ3v) is 9.46. The van der Waals surface area contributed by atoms with E-state index in [0.29, 0.717) is 70.7 Å². The molecule has 0 spiro atoms. The highest BCUT2D eigenvalue weighted by atomic mass is 16.1. The number of aromatic nitrogens is 3. The van der Waals surface area contributed by atoms with Crippen LogP contribution in [0, 0.1) is 0 Å². The van der Waals surface area contributed by atoms with E-state index < -0.39 is 0 Å². The van der Waals surface area contributed by atoms with Gasteiger partial charge in [-0.15, -0.1) is 0 Å². The Hall–Kier alpha value is -6.47. The highest BCUT2D eigenvalue weighted by molar-refractivity contribution is 6.09. The zero-order valence-electron chi connectivity index (χ0n) is 23.9. The van der Waals surface area contributed by atoms with Gasteiger partial charge in [0.15, 0.2) is 21.7 Å². The lowest BCUT2D eigenvalue weighted by Crippen LogP contribution is -2.14. The van der Waals surface area contributed by atoms with Crippen molar-refractivity contribution in [2.75, 3.05) is 0 Å². The maximum Gasteiger partial charge on any atom is 0.198 e. The SMILES string of the molecule is O=c1c2ccccc2n2c3ccc(-c4ccc5c(c4)c(=O)c4cncc6c(=O)c7ccccc7n5c64)cc3c(=O)c3cccc1c32. The van der Waals surface area contributed by atoms with Crippen LogP contribution in [0.2, 0.25) is 0 Å². The molecule has 5 aromatic heterocycles. The van der Waals surface area contributed by atoms with Gasteiger partial charge in [0.2, 0.25) is 0 Å². The van der Waals surface area contributed by atoms with Gasteiger partial charge < -0.3 is 8.80 Å². The maximum atomic E-state index is 14.0. The minimum Gasteiger partial charge on any atom is -0.308 e. The highest BCUT2D eigenvalue weighted by Gasteiger charge is 2.19. The lowest BCUT2D eigenvalue weighted by Gasteiger charge is -2.16. The van der Waals surface area contributed by atoms with Gasteiger partial charge in [-0.3, -0.25) is 24.2 Å². The van der Waals surface area contributed by atoms with E-state index in [1.54, 1.807) is 24.3 Å². The Kier molecular flexibility index (Phi) is 4.65. The van der Waals surface area contributed by atoms with E-state index in [4.69, 9.17) is 0 Å². The molecule has 46 heavy (non-hydrogen) atoms. The van der Waals surface area contributed by atoms with Crippen LogP contribution in [0.5, 0.6) is 0 Å². The van der Waals surface area contributed by atoms with E-state index in [0.717, 1.165) is 16.6 Å². The molecule has 0 N–H and O–H groups in total. The van der Waals surface area contributed by atoms with Crippen LogP contribution in [-0.4, -0.2) is 13.8 Å². The summed E-state index contributed by atoms with van der Waals surface area (Å²) in [6, 6.07) is 31.5. The topological polar surface area (TPSA) is 90.0 Å². The number of para-hydroxylation sites is 3. The fourth-order valence-corrected chi connectivity index (χ4v) is 7.41. The van der Waals surface area contributed by atoms with E-state index >= 15 is 0 Å². The standard InChI is InChI=1S/C39H19N3O4/c43-36-22-6-1-3-10-30(22)41-32-14-12-20(16-26(32)38(45)25-9-5-8-24(36)34(25)41)21-13-15-33-27(17-21)39(46)29-19-40-18-28-35(29)42(33)31-11-4-2-7-23(31)37(28)44/h1-19H. The molecule has 7 nitrogen and oxygen atoms in total. The van der Waals surface area contributed by atoms with Gasteiger partial charge in [-0.1, -0.05) is 42.5 Å². The first-order valence-electron chi connectivity index (χ1n) is 14.9. The highest BCUT2D eigenvalue weighted by Crippen LogP contribution is 2.32. The van der Waals surface area contributed by atoms with Crippen LogP contribution in [0.15, 0.2) is 135 Å². The summed E-state index contributed by atoms with van der Waals surface area (Å²) in [6.07, 6.45) is 3.05. The molecule has 10 aromatic rings. The fraction of sp³-hybridized carbons (Fsp3) is 0. The number of pyridine rings is 5. The van der Waals surface area contributed by atoms with Crippen LogP contribution in [0.3, 0.4) is 0 Å². The van der Waals surface area contributed by atoms with Crippen molar-refractivity contribution in [1.29, 1.82) is 0 Å². The number of hydrogen-bond donors (Lipinski definition) is 0. The Labute approximate surface area is 257 Å². The molecule has 5 aromatic carbocycles. The van der Waals surface area contributed by atoms with Gasteiger partial charge in [0, 0.05) is 44.7 Å². The summed E-state index contributed by atoms with van der Waals surface area (Å²) in [5.41, 5.74) is 4.92. The van der Waals surface area contributed by atoms with Gasteiger partial charge in [-0.2, -0.15) is 0 Å². The second-order valence-corrected chi connectivity index (χ2v) is 11.8. The van der Waals surface area contributed by atoms with Gasteiger partial charge in [-0.05, 0) is 71.8 Å². The van der Waals surface area contributed by atoms with Crippen molar-refractivity contribution < 1.29 is 0 Å². The molecule has 0 amide bonds. The minimum absolute atomic E-state index is 0.0973. The molecule has 0 saturated heterocycles. The summed E-state index contributed by atoms with van der Waals surface area (Å²) < 4.78 is 3.98. The number of rotatable bonds is 1. The van der Waals surface area contributed by atoms with E-state index in [1.807, 2.05) is 87.7 Å². The maximum absolute atomic E-state index is 14.0. The second kappa shape index (κ2) is 8.58. The Balaban J connectivity index is 1.31. The first kappa shape index (κ1) is 24.9. The molecular formula is C39H19N3O4.